The van der Waals surface area contributed by atoms with Crippen molar-refractivity contribution in [2.45, 2.75) is 16.1 Å². The Morgan fingerprint density at radius 1 is 0.944 bits per heavy atom. The highest BCUT2D eigenvalue weighted by molar-refractivity contribution is 9.12. The lowest BCUT2D eigenvalue weighted by atomic mass is 9.81. The van der Waals surface area contributed by atoms with Gasteiger partial charge in [-0.05, 0) is 60.7 Å². The van der Waals surface area contributed by atoms with E-state index in [1.807, 2.05) is 0 Å². The van der Waals surface area contributed by atoms with Crippen molar-refractivity contribution in [3.05, 3.63) is 63.6 Å². The van der Waals surface area contributed by atoms with Crippen LogP contribution in [0.1, 0.15) is 27.1 Å². The molecular formula is C25H20Br2Cl2N2O5. The van der Waals surface area contributed by atoms with Crippen molar-refractivity contribution in [1.29, 1.82) is 0 Å². The van der Waals surface area contributed by atoms with Crippen LogP contribution < -0.4 is 4.74 Å². The van der Waals surface area contributed by atoms with Gasteiger partial charge in [0, 0.05) is 20.8 Å². The molecule has 1 saturated heterocycles. The Labute approximate surface area is 234 Å². The van der Waals surface area contributed by atoms with Crippen LogP contribution in [0.2, 0.25) is 10.0 Å². The summed E-state index contributed by atoms with van der Waals surface area (Å²) in [4.78, 5) is 54.3. The van der Waals surface area contributed by atoms with Gasteiger partial charge in [0.25, 0.3) is 17.7 Å². The number of rotatable bonds is 6. The van der Waals surface area contributed by atoms with Crippen LogP contribution in [0.5, 0.6) is 5.75 Å². The van der Waals surface area contributed by atoms with Gasteiger partial charge < -0.3 is 4.74 Å². The number of ether oxygens (including phenoxy) is 1. The molecule has 0 radical (unpaired) electrons. The molecule has 1 heterocycles. The molecule has 0 N–H and O–H groups in total. The number of fused-ring (bicyclic) bond motifs is 5. The molecule has 3 fully saturated rings. The molecule has 0 spiro atoms. The summed E-state index contributed by atoms with van der Waals surface area (Å²) in [5.74, 6) is -2.65. The molecule has 3 aliphatic rings. The maximum absolute atomic E-state index is 13.7. The van der Waals surface area contributed by atoms with Crippen LogP contribution in [0.25, 0.3) is 0 Å². The molecule has 2 saturated carbocycles. The highest BCUT2D eigenvalue weighted by Crippen LogP contribution is 2.60. The molecule has 2 aromatic carbocycles. The van der Waals surface area contributed by atoms with Gasteiger partial charge in [0.1, 0.15) is 12.3 Å². The Bertz CT molecular complexity index is 1240. The molecule has 11 heteroatoms. The van der Waals surface area contributed by atoms with Crippen molar-refractivity contribution in [2.75, 3.05) is 13.7 Å². The normalized spacial score (nSPS) is 28.4. The predicted octanol–water partition coefficient (Wildman–Crippen LogP) is 5.02. The molecular weight excluding hydrogens is 639 g/mol. The molecule has 2 bridgehead atoms. The van der Waals surface area contributed by atoms with E-state index in [0.29, 0.717) is 11.3 Å². The standard InChI is InChI=1S/C25H20Br2Cl2N2O5/c1-36-13-5-2-11(3-6-13)18(32)10-30(23(33)12-4-7-16(28)17(29)8-12)31-24(34)19-14-9-15(20(19)25(31)35)22(27)21(14)26/h2-8,14-15,19-22H,9-10H2,1H3/t14-,15-,19-,20-,21+,22+/m1/s1. The molecule has 2 aromatic rings. The number of imide groups is 1. The van der Waals surface area contributed by atoms with Gasteiger partial charge in [0.2, 0.25) is 0 Å². The second kappa shape index (κ2) is 9.74. The zero-order chi connectivity index (χ0) is 25.9. The summed E-state index contributed by atoms with van der Waals surface area (Å²) in [7, 11) is 1.51. The summed E-state index contributed by atoms with van der Waals surface area (Å²) in [5, 5.41) is 2.22. The van der Waals surface area contributed by atoms with E-state index in [4.69, 9.17) is 27.9 Å². The number of benzene rings is 2. The fourth-order valence-corrected chi connectivity index (χ4v) is 7.76. The minimum atomic E-state index is -0.699. The monoisotopic (exact) mass is 656 g/mol. The van der Waals surface area contributed by atoms with E-state index in [9.17, 15) is 19.2 Å². The Kier molecular flexibility index (Phi) is 6.95. The first kappa shape index (κ1) is 25.7. The molecule has 0 unspecified atom stereocenters. The molecule has 1 aliphatic heterocycles. The largest absolute Gasteiger partial charge is 0.497 e. The third-order valence-corrected chi connectivity index (χ3v) is 11.3. The van der Waals surface area contributed by atoms with Gasteiger partial charge in [-0.2, -0.15) is 5.01 Å². The van der Waals surface area contributed by atoms with Crippen LogP contribution in [-0.2, 0) is 9.59 Å². The second-order valence-corrected chi connectivity index (χ2v) is 12.1. The van der Waals surface area contributed by atoms with E-state index >= 15 is 0 Å². The number of methoxy groups -OCH3 is 1. The molecule has 6 atom stereocenters. The summed E-state index contributed by atoms with van der Waals surface area (Å²) >= 11 is 19.5. The fraction of sp³-hybridized carbons (Fsp3) is 0.360. The third-order valence-electron chi connectivity index (χ3n) is 7.31. The van der Waals surface area contributed by atoms with Crippen molar-refractivity contribution in [3.63, 3.8) is 0 Å². The van der Waals surface area contributed by atoms with Gasteiger partial charge in [-0.25, -0.2) is 5.01 Å². The molecule has 0 aromatic heterocycles. The minimum absolute atomic E-state index is 0.0370. The van der Waals surface area contributed by atoms with Gasteiger partial charge in [-0.15, -0.1) is 0 Å². The number of hydrazine groups is 1. The van der Waals surface area contributed by atoms with E-state index in [0.717, 1.165) is 16.4 Å². The number of carbonyl (C=O) groups is 4. The van der Waals surface area contributed by atoms with Crippen molar-refractivity contribution in [3.8, 4) is 5.75 Å². The molecule has 36 heavy (non-hydrogen) atoms. The number of nitrogens with zero attached hydrogens (tertiary/aromatic N) is 2. The van der Waals surface area contributed by atoms with Crippen LogP contribution in [0.3, 0.4) is 0 Å². The first-order valence-electron chi connectivity index (χ1n) is 11.2. The highest BCUT2D eigenvalue weighted by atomic mass is 79.9. The lowest BCUT2D eigenvalue weighted by Crippen LogP contribution is -2.52. The molecule has 2 aliphatic carbocycles. The topological polar surface area (TPSA) is 84.0 Å². The Balaban J connectivity index is 1.51. The lowest BCUT2D eigenvalue weighted by Gasteiger charge is -2.31. The van der Waals surface area contributed by atoms with Gasteiger partial charge >= 0.3 is 0 Å². The molecule has 188 valence electrons. The fourth-order valence-electron chi connectivity index (χ4n) is 5.59. The number of hydrogen-bond acceptors (Lipinski definition) is 5. The minimum Gasteiger partial charge on any atom is -0.497 e. The van der Waals surface area contributed by atoms with E-state index in [2.05, 4.69) is 31.9 Å². The van der Waals surface area contributed by atoms with Crippen molar-refractivity contribution in [1.82, 2.24) is 10.0 Å². The van der Waals surface area contributed by atoms with Gasteiger partial charge in [-0.1, -0.05) is 55.1 Å². The lowest BCUT2D eigenvalue weighted by molar-refractivity contribution is -0.154. The van der Waals surface area contributed by atoms with Gasteiger partial charge in [-0.3, -0.25) is 19.2 Å². The quantitative estimate of drug-likeness (QED) is 0.247. The Morgan fingerprint density at radius 2 is 1.50 bits per heavy atom. The smallest absolute Gasteiger partial charge is 0.273 e. The van der Waals surface area contributed by atoms with Crippen LogP contribution in [0.4, 0.5) is 0 Å². The first-order valence-corrected chi connectivity index (χ1v) is 13.8. The summed E-state index contributed by atoms with van der Waals surface area (Å²) in [6, 6.07) is 10.6. The van der Waals surface area contributed by atoms with Gasteiger partial charge in [0.05, 0.1) is 29.0 Å². The van der Waals surface area contributed by atoms with E-state index in [-0.39, 0.29) is 37.1 Å². The average molecular weight is 659 g/mol. The number of amides is 3. The SMILES string of the molecule is COc1ccc(C(=O)CN(C(=O)c2ccc(Cl)c(Cl)c2)N2C(=O)[C@@H]3[C@H]4C[C@@H]([C@H](Br)[C@H]4Br)[C@H]3C2=O)cc1. The van der Waals surface area contributed by atoms with Crippen molar-refractivity contribution in [2.24, 2.45) is 23.7 Å². The second-order valence-electron chi connectivity index (χ2n) is 9.14. The number of alkyl halides is 2. The average Bonchev–Trinajstić information content (AvgIpc) is 3.48. The zero-order valence-corrected chi connectivity index (χ0v) is 23.6. The summed E-state index contributed by atoms with van der Waals surface area (Å²) in [6.07, 6.45) is 0.748. The zero-order valence-electron chi connectivity index (χ0n) is 18.9. The molecule has 5 rings (SSSR count). The maximum Gasteiger partial charge on any atom is 0.273 e. The summed E-state index contributed by atoms with van der Waals surface area (Å²) in [6.45, 7) is -0.507. The number of ketones is 1. The number of Topliss-reactive ketones (excluding diaryl/α,β-unsaturated/α-hetero) is 1. The van der Waals surface area contributed by atoms with Gasteiger partial charge in [0.15, 0.2) is 5.78 Å². The maximum atomic E-state index is 13.7. The van der Waals surface area contributed by atoms with E-state index in [1.54, 1.807) is 24.3 Å². The van der Waals surface area contributed by atoms with E-state index in [1.165, 1.54) is 25.3 Å². The summed E-state index contributed by atoms with van der Waals surface area (Å²) in [5.41, 5.74) is 0.410. The molecule has 7 nitrogen and oxygen atoms in total. The highest BCUT2D eigenvalue weighted by Gasteiger charge is 2.67. The number of carbonyl (C=O) groups excluding carboxylic acids is 4. The van der Waals surface area contributed by atoms with Crippen LogP contribution >= 0.6 is 55.1 Å². The Morgan fingerprint density at radius 3 is 2.03 bits per heavy atom. The predicted molar refractivity (Wildman–Crippen MR) is 141 cm³/mol. The van der Waals surface area contributed by atoms with Crippen LogP contribution in [0, 0.1) is 23.7 Å². The van der Waals surface area contributed by atoms with Crippen LogP contribution in [-0.4, -0.2) is 56.8 Å². The van der Waals surface area contributed by atoms with E-state index < -0.39 is 41.9 Å². The van der Waals surface area contributed by atoms with Crippen molar-refractivity contribution >= 4 is 78.6 Å². The first-order chi connectivity index (χ1) is 17.1. The van der Waals surface area contributed by atoms with Crippen LogP contribution in [0.15, 0.2) is 42.5 Å². The van der Waals surface area contributed by atoms with Crippen molar-refractivity contribution < 1.29 is 23.9 Å². The Hall–Kier alpha value is -1.94. The molecule has 3 amide bonds. The summed E-state index contributed by atoms with van der Waals surface area (Å²) < 4.78 is 5.14. The number of hydrogen-bond donors (Lipinski definition) is 0. The number of halogens is 4. The third kappa shape index (κ3) is 4.08.